The number of aromatic nitrogens is 6. The van der Waals surface area contributed by atoms with Crippen molar-refractivity contribution in [3.8, 4) is 0 Å². The van der Waals surface area contributed by atoms with Gasteiger partial charge in [0.1, 0.15) is 0 Å². The average Bonchev–Trinajstić information content (AvgIpc) is 3.02. The summed E-state index contributed by atoms with van der Waals surface area (Å²) >= 11 is 0. The Morgan fingerprint density at radius 2 is 0.977 bits per heavy atom. The van der Waals surface area contributed by atoms with Crippen LogP contribution in [0.5, 0.6) is 0 Å². The third-order valence-electron chi connectivity index (χ3n) is 5.75. The van der Waals surface area contributed by atoms with E-state index in [1.54, 1.807) is 48.5 Å². The van der Waals surface area contributed by atoms with Crippen molar-refractivity contribution in [2.24, 2.45) is 0 Å². The van der Waals surface area contributed by atoms with Crippen molar-refractivity contribution < 1.29 is 25.5 Å². The van der Waals surface area contributed by atoms with Gasteiger partial charge in [-0.25, -0.2) is 0 Å². The van der Waals surface area contributed by atoms with E-state index < -0.39 is 12.1 Å². The van der Waals surface area contributed by atoms with Gasteiger partial charge in [-0.1, -0.05) is 6.07 Å². The van der Waals surface area contributed by atoms with Crippen LogP contribution in [0.3, 0.4) is 0 Å². The number of nitrogens with one attached hydrogen (secondary N) is 6. The summed E-state index contributed by atoms with van der Waals surface area (Å²) in [6, 6.07) is 12.7. The SMILES string of the molecule is Nc1cccc(Nc2nc(Nc3ccc(Nc4nc(NCCO)nc(NC(CO)CO)n4)cc3)nc(NC(CO)CO)n2)c1. The van der Waals surface area contributed by atoms with E-state index in [4.69, 9.17) is 10.8 Å². The minimum atomic E-state index is -0.681. The monoisotopic (exact) mass is 609 g/mol. The third-order valence-corrected chi connectivity index (χ3v) is 5.75. The predicted octanol–water partition coefficient (Wildman–Crippen LogP) is -0.196. The van der Waals surface area contributed by atoms with Crippen LogP contribution >= 0.6 is 0 Å². The Hall–Kier alpha value is -5.14. The number of aliphatic hydroxyl groups excluding tert-OH is 5. The highest BCUT2D eigenvalue weighted by Gasteiger charge is 2.14. The largest absolute Gasteiger partial charge is 0.399 e. The van der Waals surface area contributed by atoms with E-state index in [0.29, 0.717) is 22.7 Å². The molecule has 0 aliphatic rings. The van der Waals surface area contributed by atoms with Crippen LogP contribution in [0, 0.1) is 0 Å². The number of rotatable bonds is 17. The van der Waals surface area contributed by atoms with Crippen LogP contribution in [0.4, 0.5) is 58.4 Å². The lowest BCUT2D eigenvalue weighted by Crippen LogP contribution is -2.29. The molecule has 44 heavy (non-hydrogen) atoms. The summed E-state index contributed by atoms with van der Waals surface area (Å²) in [4.78, 5) is 25.9. The zero-order chi connectivity index (χ0) is 31.3. The van der Waals surface area contributed by atoms with Crippen molar-refractivity contribution in [3.05, 3.63) is 48.5 Å². The lowest BCUT2D eigenvalue weighted by molar-refractivity contribution is 0.203. The normalized spacial score (nSPS) is 11.0. The smallest absolute Gasteiger partial charge is 0.233 e. The molecule has 4 rings (SSSR count). The van der Waals surface area contributed by atoms with Crippen molar-refractivity contribution in [2.75, 3.05) is 77.2 Å². The minimum absolute atomic E-state index is 0.112. The second-order valence-electron chi connectivity index (χ2n) is 9.25. The first kappa shape index (κ1) is 31.8. The Kier molecular flexibility index (Phi) is 11.5. The number of hydrogen-bond acceptors (Lipinski definition) is 18. The molecule has 0 fully saturated rings. The molecule has 0 aliphatic heterocycles. The third kappa shape index (κ3) is 9.44. The zero-order valence-electron chi connectivity index (χ0n) is 23.5. The number of nitrogens with two attached hydrogens (primary N) is 1. The summed E-state index contributed by atoms with van der Waals surface area (Å²) in [6.07, 6.45) is 0. The van der Waals surface area contributed by atoms with Crippen molar-refractivity contribution in [2.45, 2.75) is 12.1 Å². The van der Waals surface area contributed by atoms with Gasteiger partial charge in [0.25, 0.3) is 0 Å². The van der Waals surface area contributed by atoms with Gasteiger partial charge in [0, 0.05) is 29.3 Å². The van der Waals surface area contributed by atoms with Gasteiger partial charge in [0.2, 0.25) is 35.7 Å². The van der Waals surface area contributed by atoms with Crippen LogP contribution in [0.2, 0.25) is 0 Å². The molecule has 0 radical (unpaired) electrons. The lowest BCUT2D eigenvalue weighted by Gasteiger charge is -2.16. The Morgan fingerprint density at radius 1 is 0.545 bits per heavy atom. The van der Waals surface area contributed by atoms with Crippen molar-refractivity contribution in [3.63, 3.8) is 0 Å². The maximum Gasteiger partial charge on any atom is 0.233 e. The molecule has 0 aliphatic carbocycles. The van der Waals surface area contributed by atoms with Crippen LogP contribution in [0.1, 0.15) is 0 Å². The number of nitrogens with zero attached hydrogens (tertiary/aromatic N) is 6. The average molecular weight is 610 g/mol. The minimum Gasteiger partial charge on any atom is -0.399 e. The quantitative estimate of drug-likeness (QED) is 0.0690. The van der Waals surface area contributed by atoms with Gasteiger partial charge < -0.3 is 63.2 Å². The van der Waals surface area contributed by atoms with E-state index in [1.807, 2.05) is 0 Å². The van der Waals surface area contributed by atoms with Gasteiger partial charge in [0.05, 0.1) is 45.1 Å². The maximum absolute atomic E-state index is 9.49. The summed E-state index contributed by atoms with van der Waals surface area (Å²) in [5.74, 6) is 0.956. The maximum atomic E-state index is 9.49. The molecule has 0 amide bonds. The van der Waals surface area contributed by atoms with Crippen LogP contribution in [-0.2, 0) is 0 Å². The standard InChI is InChI=1S/C26H35N13O5/c27-15-2-1-3-18(10-15)31-24-37-23(38-26(39-24)33-20(13-43)14-44)30-17-6-4-16(5-7-17)29-22-34-21(28-8-9-40)35-25(36-22)32-19(11-41)12-42/h1-7,10,19-20,40-44H,8-9,11-14,27H2,(H3,28,29,32,34,35,36)(H3,30,31,33,37,38,39). The highest BCUT2D eigenvalue weighted by atomic mass is 16.3. The molecular weight excluding hydrogens is 574 g/mol. The highest BCUT2D eigenvalue weighted by molar-refractivity contribution is 5.64. The van der Waals surface area contributed by atoms with E-state index in [1.165, 1.54) is 0 Å². The molecule has 13 N–H and O–H groups in total. The summed E-state index contributed by atoms with van der Waals surface area (Å²) in [5.41, 5.74) is 8.33. The molecule has 2 heterocycles. The molecular formula is C26H35N13O5. The fraction of sp³-hybridized carbons (Fsp3) is 0.308. The van der Waals surface area contributed by atoms with E-state index in [9.17, 15) is 20.4 Å². The highest BCUT2D eigenvalue weighted by Crippen LogP contribution is 2.23. The molecule has 2 aromatic heterocycles. The summed E-state index contributed by atoms with van der Waals surface area (Å²) in [7, 11) is 0. The lowest BCUT2D eigenvalue weighted by atomic mass is 10.3. The fourth-order valence-corrected chi connectivity index (χ4v) is 3.60. The van der Waals surface area contributed by atoms with Gasteiger partial charge in [-0.2, -0.15) is 29.9 Å². The van der Waals surface area contributed by atoms with Crippen molar-refractivity contribution >= 4 is 58.4 Å². The van der Waals surface area contributed by atoms with E-state index in [-0.39, 0.29) is 75.3 Å². The van der Waals surface area contributed by atoms with E-state index in [2.05, 4.69) is 61.8 Å². The second-order valence-corrected chi connectivity index (χ2v) is 9.25. The van der Waals surface area contributed by atoms with Gasteiger partial charge >= 0.3 is 0 Å². The molecule has 18 heteroatoms. The molecule has 0 bridgehead atoms. The molecule has 0 unspecified atom stereocenters. The number of aliphatic hydroxyl groups is 5. The van der Waals surface area contributed by atoms with Gasteiger partial charge in [0.15, 0.2) is 0 Å². The van der Waals surface area contributed by atoms with E-state index >= 15 is 0 Å². The first-order valence-electron chi connectivity index (χ1n) is 13.5. The Balaban J connectivity index is 1.52. The molecule has 18 nitrogen and oxygen atoms in total. The van der Waals surface area contributed by atoms with Gasteiger partial charge in [-0.3, -0.25) is 0 Å². The van der Waals surface area contributed by atoms with Crippen molar-refractivity contribution in [1.82, 2.24) is 29.9 Å². The number of benzene rings is 2. The van der Waals surface area contributed by atoms with Gasteiger partial charge in [-0.05, 0) is 42.5 Å². The molecule has 0 atom stereocenters. The van der Waals surface area contributed by atoms with Crippen LogP contribution < -0.4 is 37.6 Å². The van der Waals surface area contributed by atoms with Gasteiger partial charge in [-0.15, -0.1) is 0 Å². The summed E-state index contributed by atoms with van der Waals surface area (Å²) < 4.78 is 0. The van der Waals surface area contributed by atoms with Crippen molar-refractivity contribution in [1.29, 1.82) is 0 Å². The topological polar surface area (TPSA) is 277 Å². The molecule has 234 valence electrons. The number of hydrogen-bond donors (Lipinski definition) is 12. The Morgan fingerprint density at radius 3 is 1.43 bits per heavy atom. The zero-order valence-corrected chi connectivity index (χ0v) is 23.5. The summed E-state index contributed by atoms with van der Waals surface area (Å²) in [5, 5.41) is 64.7. The predicted molar refractivity (Wildman–Crippen MR) is 166 cm³/mol. The molecule has 0 spiro atoms. The molecule has 2 aromatic carbocycles. The number of anilines is 10. The fourth-order valence-electron chi connectivity index (χ4n) is 3.60. The number of nitrogen functional groups attached to an aromatic ring is 1. The first-order valence-corrected chi connectivity index (χ1v) is 13.5. The first-order chi connectivity index (χ1) is 21.4. The van der Waals surface area contributed by atoms with E-state index in [0.717, 1.165) is 0 Å². The Labute approximate surface area is 251 Å². The Bertz CT molecular complexity index is 1470. The van der Waals surface area contributed by atoms with Crippen LogP contribution in [-0.4, -0.2) is 107 Å². The second kappa shape index (κ2) is 15.9. The molecule has 4 aromatic rings. The molecule has 0 saturated carbocycles. The molecule has 0 saturated heterocycles. The van der Waals surface area contributed by atoms with Crippen LogP contribution in [0.25, 0.3) is 0 Å². The van der Waals surface area contributed by atoms with Crippen LogP contribution in [0.15, 0.2) is 48.5 Å². The summed E-state index contributed by atoms with van der Waals surface area (Å²) in [6.45, 7) is -1.27.